The second-order valence-corrected chi connectivity index (χ2v) is 8.60. The van der Waals surface area contributed by atoms with Crippen molar-refractivity contribution < 1.29 is 17.6 Å². The molecule has 0 saturated heterocycles. The molecule has 7 heteroatoms. The molecule has 1 aromatic carbocycles. The molecule has 1 aromatic heterocycles. The predicted octanol–water partition coefficient (Wildman–Crippen LogP) is 2.37. The molecule has 2 aromatic rings. The fourth-order valence-electron chi connectivity index (χ4n) is 2.17. The molecule has 1 unspecified atom stereocenters. The predicted molar refractivity (Wildman–Crippen MR) is 89.9 cm³/mol. The van der Waals surface area contributed by atoms with E-state index in [0.717, 1.165) is 11.1 Å². The van der Waals surface area contributed by atoms with Crippen LogP contribution < -0.4 is 5.32 Å². The zero-order valence-electron chi connectivity index (χ0n) is 12.7. The molecule has 0 aliphatic rings. The molecule has 0 spiro atoms. The molecule has 1 N–H and O–H groups in total. The van der Waals surface area contributed by atoms with E-state index in [9.17, 15) is 17.6 Å². The fourth-order valence-corrected chi connectivity index (χ4v) is 3.39. The Morgan fingerprint density at radius 3 is 2.52 bits per heavy atom. The summed E-state index contributed by atoms with van der Waals surface area (Å²) >= 11 is 1.54. The van der Waals surface area contributed by atoms with E-state index in [1.54, 1.807) is 23.5 Å². The van der Waals surface area contributed by atoms with Crippen molar-refractivity contribution in [1.82, 2.24) is 5.32 Å². The van der Waals surface area contributed by atoms with Crippen molar-refractivity contribution in [2.75, 3.05) is 18.6 Å². The average Bonchev–Trinajstić information content (AvgIpc) is 2.97. The topological polar surface area (TPSA) is 63.2 Å². The minimum absolute atomic E-state index is 0.0692. The Kier molecular flexibility index (Phi) is 5.90. The number of rotatable bonds is 7. The molecule has 4 nitrogen and oxygen atoms in total. The van der Waals surface area contributed by atoms with E-state index in [1.165, 1.54) is 12.1 Å². The standard InChI is InChI=1S/C16H18FNO3S2/c1-23(20,21)10-8-18-16(19)15(11-14-3-2-9-22-14)12-4-6-13(17)7-5-12/h2-7,9,15H,8,10-11H2,1H3,(H,18,19). The van der Waals surface area contributed by atoms with Gasteiger partial charge in [0.2, 0.25) is 5.91 Å². The molecular weight excluding hydrogens is 337 g/mol. The van der Waals surface area contributed by atoms with Gasteiger partial charge in [0.1, 0.15) is 15.7 Å². The van der Waals surface area contributed by atoms with E-state index in [4.69, 9.17) is 0 Å². The van der Waals surface area contributed by atoms with Crippen LogP contribution in [0.2, 0.25) is 0 Å². The van der Waals surface area contributed by atoms with Crippen molar-refractivity contribution in [2.24, 2.45) is 0 Å². The van der Waals surface area contributed by atoms with Gasteiger partial charge in [0.25, 0.3) is 0 Å². The van der Waals surface area contributed by atoms with Crippen molar-refractivity contribution in [1.29, 1.82) is 0 Å². The van der Waals surface area contributed by atoms with Crippen molar-refractivity contribution in [3.05, 3.63) is 58.0 Å². The molecule has 0 aliphatic heterocycles. The highest BCUT2D eigenvalue weighted by Crippen LogP contribution is 2.24. The van der Waals surface area contributed by atoms with Gasteiger partial charge < -0.3 is 5.32 Å². The summed E-state index contributed by atoms with van der Waals surface area (Å²) in [6.07, 6.45) is 1.62. The van der Waals surface area contributed by atoms with Gasteiger partial charge in [0, 0.05) is 17.7 Å². The molecule has 0 radical (unpaired) electrons. The number of hydrogen-bond acceptors (Lipinski definition) is 4. The van der Waals surface area contributed by atoms with Crippen LogP contribution in [0.15, 0.2) is 41.8 Å². The Morgan fingerprint density at radius 2 is 1.96 bits per heavy atom. The van der Waals surface area contributed by atoms with E-state index in [1.807, 2.05) is 17.5 Å². The number of thiophene rings is 1. The first kappa shape index (κ1) is 17.6. The summed E-state index contributed by atoms with van der Waals surface area (Å²) in [4.78, 5) is 13.5. The smallest absolute Gasteiger partial charge is 0.227 e. The monoisotopic (exact) mass is 355 g/mol. The maximum Gasteiger partial charge on any atom is 0.227 e. The number of hydrogen-bond donors (Lipinski definition) is 1. The maximum absolute atomic E-state index is 13.1. The molecule has 1 heterocycles. The van der Waals surface area contributed by atoms with Crippen LogP contribution in [0.4, 0.5) is 4.39 Å². The normalized spacial score (nSPS) is 12.8. The summed E-state index contributed by atoms with van der Waals surface area (Å²) < 4.78 is 35.4. The Labute approximate surface area is 139 Å². The number of sulfone groups is 1. The van der Waals surface area contributed by atoms with Gasteiger partial charge in [-0.25, -0.2) is 12.8 Å². The highest BCUT2D eigenvalue weighted by molar-refractivity contribution is 7.90. The van der Waals surface area contributed by atoms with E-state index in [2.05, 4.69) is 5.32 Å². The summed E-state index contributed by atoms with van der Waals surface area (Å²) in [5.41, 5.74) is 0.705. The summed E-state index contributed by atoms with van der Waals surface area (Å²) in [7, 11) is -3.13. The Hall–Kier alpha value is -1.73. The third-order valence-corrected chi connectivity index (χ3v) is 5.19. The maximum atomic E-state index is 13.1. The van der Waals surface area contributed by atoms with Crippen LogP contribution in [-0.4, -0.2) is 32.9 Å². The van der Waals surface area contributed by atoms with Gasteiger partial charge in [-0.1, -0.05) is 18.2 Å². The summed E-state index contributed by atoms with van der Waals surface area (Å²) in [5, 5.41) is 4.59. The zero-order chi connectivity index (χ0) is 16.9. The van der Waals surface area contributed by atoms with Crippen LogP contribution in [-0.2, 0) is 21.1 Å². The third kappa shape index (κ3) is 5.76. The van der Waals surface area contributed by atoms with Crippen molar-refractivity contribution in [2.45, 2.75) is 12.3 Å². The van der Waals surface area contributed by atoms with Gasteiger partial charge in [-0.05, 0) is 35.6 Å². The number of amides is 1. The number of nitrogens with one attached hydrogen (secondary N) is 1. The minimum atomic E-state index is -3.13. The summed E-state index contributed by atoms with van der Waals surface area (Å²) in [6.45, 7) is 0.0692. The van der Waals surface area contributed by atoms with Gasteiger partial charge in [0.15, 0.2) is 0 Å². The third-order valence-electron chi connectivity index (χ3n) is 3.35. The minimum Gasteiger partial charge on any atom is -0.355 e. The van der Waals surface area contributed by atoms with E-state index in [0.29, 0.717) is 12.0 Å². The molecule has 0 bridgehead atoms. The second-order valence-electron chi connectivity index (χ2n) is 5.31. The van der Waals surface area contributed by atoms with Crippen LogP contribution in [0.5, 0.6) is 0 Å². The van der Waals surface area contributed by atoms with Gasteiger partial charge in [0.05, 0.1) is 11.7 Å². The first-order valence-electron chi connectivity index (χ1n) is 7.08. The molecular formula is C16H18FNO3S2. The molecule has 1 amide bonds. The van der Waals surface area contributed by atoms with Crippen LogP contribution in [0, 0.1) is 5.82 Å². The van der Waals surface area contributed by atoms with Gasteiger partial charge in [-0.15, -0.1) is 11.3 Å². The largest absolute Gasteiger partial charge is 0.355 e. The van der Waals surface area contributed by atoms with E-state index >= 15 is 0 Å². The Bertz CT molecular complexity index is 740. The molecule has 124 valence electrons. The van der Waals surface area contributed by atoms with Crippen LogP contribution in [0.3, 0.4) is 0 Å². The summed E-state index contributed by atoms with van der Waals surface area (Å²) in [5.74, 6) is -1.20. The summed E-state index contributed by atoms with van der Waals surface area (Å²) in [6, 6.07) is 9.66. The highest BCUT2D eigenvalue weighted by atomic mass is 32.2. The van der Waals surface area contributed by atoms with Crippen molar-refractivity contribution in [3.63, 3.8) is 0 Å². The highest BCUT2D eigenvalue weighted by Gasteiger charge is 2.21. The molecule has 0 aliphatic carbocycles. The van der Waals surface area contributed by atoms with E-state index in [-0.39, 0.29) is 24.0 Å². The van der Waals surface area contributed by atoms with Crippen LogP contribution >= 0.6 is 11.3 Å². The first-order valence-corrected chi connectivity index (χ1v) is 10.0. The molecule has 0 saturated carbocycles. The van der Waals surface area contributed by atoms with Crippen molar-refractivity contribution in [3.8, 4) is 0 Å². The zero-order valence-corrected chi connectivity index (χ0v) is 14.3. The number of halogens is 1. The van der Waals surface area contributed by atoms with Gasteiger partial charge in [-0.2, -0.15) is 0 Å². The van der Waals surface area contributed by atoms with Crippen molar-refractivity contribution >= 4 is 27.1 Å². The molecule has 0 fully saturated rings. The molecule has 23 heavy (non-hydrogen) atoms. The molecule has 1 atom stereocenters. The first-order chi connectivity index (χ1) is 10.8. The number of benzene rings is 1. The van der Waals surface area contributed by atoms with E-state index < -0.39 is 15.8 Å². The number of carbonyl (C=O) groups excluding carboxylic acids is 1. The Balaban J connectivity index is 2.12. The lowest BCUT2D eigenvalue weighted by Crippen LogP contribution is -2.33. The van der Waals surface area contributed by atoms with Crippen LogP contribution in [0.25, 0.3) is 0 Å². The SMILES string of the molecule is CS(=O)(=O)CCNC(=O)C(Cc1cccs1)c1ccc(F)cc1. The lowest BCUT2D eigenvalue weighted by molar-refractivity contribution is -0.122. The average molecular weight is 355 g/mol. The quantitative estimate of drug-likeness (QED) is 0.829. The van der Waals surface area contributed by atoms with Gasteiger partial charge in [-0.3, -0.25) is 4.79 Å². The van der Waals surface area contributed by atoms with Gasteiger partial charge >= 0.3 is 0 Å². The second kappa shape index (κ2) is 7.70. The fraction of sp³-hybridized carbons (Fsp3) is 0.312. The number of carbonyl (C=O) groups is 1. The lowest BCUT2D eigenvalue weighted by Gasteiger charge is -2.16. The lowest BCUT2D eigenvalue weighted by atomic mass is 9.94. The van der Waals surface area contributed by atoms with Crippen LogP contribution in [0.1, 0.15) is 16.4 Å². The Morgan fingerprint density at radius 1 is 1.26 bits per heavy atom. The molecule has 2 rings (SSSR count).